The molecule has 1 aromatic carbocycles. The second-order valence-electron chi connectivity index (χ2n) is 9.39. The molecular formula is C23H27F3N4O3. The van der Waals surface area contributed by atoms with Crippen LogP contribution in [0, 0.1) is 5.41 Å². The minimum atomic E-state index is -4.86. The Balaban J connectivity index is 1.70. The molecule has 178 valence electrons. The monoisotopic (exact) mass is 464 g/mol. The molecule has 2 aromatic heterocycles. The predicted molar refractivity (Wildman–Crippen MR) is 119 cm³/mol. The lowest BCUT2D eigenvalue weighted by Gasteiger charge is -2.41. The van der Waals surface area contributed by atoms with E-state index in [-0.39, 0.29) is 17.2 Å². The van der Waals surface area contributed by atoms with E-state index in [4.69, 9.17) is 4.74 Å². The maximum Gasteiger partial charge on any atom is 0.421 e. The van der Waals surface area contributed by atoms with E-state index in [1.807, 2.05) is 0 Å². The first kappa shape index (κ1) is 23.3. The van der Waals surface area contributed by atoms with Gasteiger partial charge < -0.3 is 20.1 Å². The normalized spacial score (nSPS) is 19.4. The van der Waals surface area contributed by atoms with Gasteiger partial charge in [-0.15, -0.1) is 0 Å². The zero-order valence-electron chi connectivity index (χ0n) is 18.7. The fourth-order valence-electron chi connectivity index (χ4n) is 4.34. The first-order chi connectivity index (χ1) is 15.4. The summed E-state index contributed by atoms with van der Waals surface area (Å²) in [5.41, 5.74) is -4.01. The molecule has 0 radical (unpaired) electrons. The van der Waals surface area contributed by atoms with E-state index in [1.54, 1.807) is 16.9 Å². The summed E-state index contributed by atoms with van der Waals surface area (Å²) in [7, 11) is 0. The number of anilines is 2. The number of hydrogen-bond donors (Lipinski definition) is 3. The van der Waals surface area contributed by atoms with E-state index in [1.165, 1.54) is 45.0 Å². The van der Waals surface area contributed by atoms with Crippen molar-refractivity contribution in [1.82, 2.24) is 14.8 Å². The Labute approximate surface area is 188 Å². The minimum absolute atomic E-state index is 0.0189. The van der Waals surface area contributed by atoms with Gasteiger partial charge in [-0.05, 0) is 36.6 Å². The molecule has 0 bridgehead atoms. The molecule has 1 saturated heterocycles. The summed E-state index contributed by atoms with van der Waals surface area (Å²) >= 11 is 0. The van der Waals surface area contributed by atoms with Gasteiger partial charge in [0.05, 0.1) is 18.2 Å². The molecule has 3 N–H and O–H groups in total. The Morgan fingerprint density at radius 3 is 2.45 bits per heavy atom. The smallest absolute Gasteiger partial charge is 0.379 e. The van der Waals surface area contributed by atoms with Crippen LogP contribution in [0.25, 0.3) is 10.9 Å². The lowest BCUT2D eigenvalue weighted by molar-refractivity contribution is -0.302. The SMILES string of the molecule is CC(C)(C)C(O)(c1ccc(Nc2nn(C3CCCOC3)c3cc[nH]c(=O)c23)cc1)C(F)(F)F. The fourth-order valence-corrected chi connectivity index (χ4v) is 4.34. The zero-order valence-corrected chi connectivity index (χ0v) is 18.7. The Morgan fingerprint density at radius 2 is 1.88 bits per heavy atom. The van der Waals surface area contributed by atoms with E-state index in [0.29, 0.717) is 35.6 Å². The van der Waals surface area contributed by atoms with Crippen molar-refractivity contribution in [2.45, 2.75) is 51.4 Å². The van der Waals surface area contributed by atoms with Crippen LogP contribution in [0.1, 0.15) is 45.2 Å². The Hall–Kier alpha value is -2.85. The molecule has 2 atom stereocenters. The summed E-state index contributed by atoms with van der Waals surface area (Å²) in [6.45, 7) is 5.19. The van der Waals surface area contributed by atoms with Crippen molar-refractivity contribution in [3.05, 3.63) is 52.4 Å². The van der Waals surface area contributed by atoms with Crippen LogP contribution in [0.15, 0.2) is 41.3 Å². The molecule has 0 amide bonds. The number of pyridine rings is 1. The maximum atomic E-state index is 13.8. The molecule has 7 nitrogen and oxygen atoms in total. The van der Waals surface area contributed by atoms with Crippen molar-refractivity contribution < 1.29 is 23.0 Å². The standard InChI is InChI=1S/C23H27F3N4O3/c1-21(2,3)22(32,23(24,25)26)14-6-8-15(9-7-14)28-19-18-17(10-11-27-20(18)31)30(29-19)16-5-4-12-33-13-16/h6-11,16,32H,4-5,12-13H2,1-3H3,(H,27,31)(H,28,29). The average Bonchev–Trinajstić information content (AvgIpc) is 3.12. The summed E-state index contributed by atoms with van der Waals surface area (Å²) in [5.74, 6) is 0.298. The van der Waals surface area contributed by atoms with Crippen LogP contribution in [-0.4, -0.2) is 39.3 Å². The lowest BCUT2D eigenvalue weighted by Crippen LogP contribution is -2.52. The van der Waals surface area contributed by atoms with Gasteiger partial charge in [0.1, 0.15) is 5.39 Å². The van der Waals surface area contributed by atoms with E-state index < -0.39 is 17.2 Å². The quantitative estimate of drug-likeness (QED) is 0.524. The fraction of sp³-hybridized carbons (Fsp3) is 0.478. The topological polar surface area (TPSA) is 92.2 Å². The predicted octanol–water partition coefficient (Wildman–Crippen LogP) is 4.62. The van der Waals surface area contributed by atoms with Gasteiger partial charge in [0.2, 0.25) is 0 Å². The molecule has 1 aliphatic heterocycles. The third kappa shape index (κ3) is 4.02. The van der Waals surface area contributed by atoms with Crippen molar-refractivity contribution in [3.63, 3.8) is 0 Å². The number of benzene rings is 1. The summed E-state index contributed by atoms with van der Waals surface area (Å²) in [4.78, 5) is 15.2. The van der Waals surface area contributed by atoms with E-state index >= 15 is 0 Å². The van der Waals surface area contributed by atoms with Crippen LogP contribution in [0.3, 0.4) is 0 Å². The lowest BCUT2D eigenvalue weighted by atomic mass is 9.71. The third-order valence-electron chi connectivity index (χ3n) is 6.17. The number of hydrogen-bond acceptors (Lipinski definition) is 5. The number of nitrogens with zero attached hydrogens (tertiary/aromatic N) is 2. The van der Waals surface area contributed by atoms with Gasteiger partial charge in [-0.2, -0.15) is 18.3 Å². The van der Waals surface area contributed by atoms with Gasteiger partial charge in [-0.1, -0.05) is 32.9 Å². The van der Waals surface area contributed by atoms with Crippen LogP contribution >= 0.6 is 0 Å². The molecule has 2 unspecified atom stereocenters. The molecule has 4 rings (SSSR count). The number of fused-ring (bicyclic) bond motifs is 1. The van der Waals surface area contributed by atoms with Crippen LogP contribution in [0.4, 0.5) is 24.7 Å². The van der Waals surface area contributed by atoms with Crippen molar-refractivity contribution >= 4 is 22.4 Å². The number of alkyl halides is 3. The number of nitrogens with one attached hydrogen (secondary N) is 2. The number of aromatic nitrogens is 3. The van der Waals surface area contributed by atoms with Crippen molar-refractivity contribution in [2.24, 2.45) is 5.41 Å². The van der Waals surface area contributed by atoms with Gasteiger partial charge in [0.25, 0.3) is 5.56 Å². The second-order valence-corrected chi connectivity index (χ2v) is 9.39. The van der Waals surface area contributed by atoms with Gasteiger partial charge >= 0.3 is 6.18 Å². The van der Waals surface area contributed by atoms with Crippen molar-refractivity contribution in [2.75, 3.05) is 18.5 Å². The highest BCUT2D eigenvalue weighted by molar-refractivity contribution is 5.91. The molecule has 0 spiro atoms. The zero-order chi connectivity index (χ0) is 24.0. The number of ether oxygens (including phenoxy) is 1. The first-order valence-electron chi connectivity index (χ1n) is 10.8. The summed E-state index contributed by atoms with van der Waals surface area (Å²) in [5, 5.41) is 18.6. The van der Waals surface area contributed by atoms with Gasteiger partial charge in [0.15, 0.2) is 11.4 Å². The van der Waals surface area contributed by atoms with Crippen LogP contribution < -0.4 is 10.9 Å². The average molecular weight is 464 g/mol. The van der Waals surface area contributed by atoms with Crippen LogP contribution in [0.5, 0.6) is 0 Å². The molecule has 0 aliphatic carbocycles. The summed E-state index contributed by atoms with van der Waals surface area (Å²) in [6, 6.07) is 7.08. The molecule has 1 aliphatic rings. The van der Waals surface area contributed by atoms with Crippen molar-refractivity contribution in [3.8, 4) is 0 Å². The van der Waals surface area contributed by atoms with E-state index in [9.17, 15) is 23.1 Å². The molecule has 3 aromatic rings. The highest BCUT2D eigenvalue weighted by Gasteiger charge is 2.61. The van der Waals surface area contributed by atoms with Gasteiger partial charge in [-0.3, -0.25) is 9.48 Å². The third-order valence-corrected chi connectivity index (χ3v) is 6.17. The summed E-state index contributed by atoms with van der Waals surface area (Å²) < 4.78 is 48.7. The van der Waals surface area contributed by atoms with E-state index in [0.717, 1.165) is 12.8 Å². The number of H-pyrrole nitrogens is 1. The Morgan fingerprint density at radius 1 is 1.18 bits per heavy atom. The van der Waals surface area contributed by atoms with Crippen LogP contribution in [0.2, 0.25) is 0 Å². The van der Waals surface area contributed by atoms with Crippen LogP contribution in [-0.2, 0) is 10.3 Å². The van der Waals surface area contributed by atoms with Crippen molar-refractivity contribution in [1.29, 1.82) is 0 Å². The molecule has 3 heterocycles. The molecule has 10 heteroatoms. The number of aromatic amines is 1. The highest BCUT2D eigenvalue weighted by atomic mass is 19.4. The highest BCUT2D eigenvalue weighted by Crippen LogP contribution is 2.50. The Bertz CT molecular complexity index is 1170. The first-order valence-corrected chi connectivity index (χ1v) is 10.8. The summed E-state index contributed by atoms with van der Waals surface area (Å²) in [6.07, 6.45) is -1.56. The second kappa shape index (κ2) is 8.18. The largest absolute Gasteiger partial charge is 0.421 e. The molecule has 1 fully saturated rings. The van der Waals surface area contributed by atoms with Gasteiger partial charge in [0, 0.05) is 23.9 Å². The number of rotatable bonds is 4. The number of halogens is 3. The molecule has 33 heavy (non-hydrogen) atoms. The number of aliphatic hydroxyl groups is 1. The van der Waals surface area contributed by atoms with E-state index in [2.05, 4.69) is 15.4 Å². The minimum Gasteiger partial charge on any atom is -0.379 e. The Kier molecular flexibility index (Phi) is 5.78. The van der Waals surface area contributed by atoms with Gasteiger partial charge in [-0.25, -0.2) is 0 Å². The molecule has 0 saturated carbocycles. The molecular weight excluding hydrogens is 437 g/mol. The maximum absolute atomic E-state index is 13.8.